The molecule has 1 aliphatic rings. The van der Waals surface area contributed by atoms with Crippen LogP contribution in [0, 0.1) is 5.82 Å². The number of hydrogen-bond acceptors (Lipinski definition) is 2. The molecule has 2 rings (SSSR count). The van der Waals surface area contributed by atoms with Crippen LogP contribution in [0.25, 0.3) is 0 Å². The van der Waals surface area contributed by atoms with Crippen molar-refractivity contribution < 1.29 is 9.18 Å². The summed E-state index contributed by atoms with van der Waals surface area (Å²) in [5, 5.41) is 3.29. The smallest absolute Gasteiger partial charge is 0.229 e. The standard InChI is InChI=1S/C15H21FN2O/c1-11(12-4-3-5-13(16)10-12)15(19)18(2)14-6-8-17-9-7-14/h3-5,10-11,14,17H,6-9H2,1-2H3. The summed E-state index contributed by atoms with van der Waals surface area (Å²) in [6.45, 7) is 3.75. The molecule has 1 atom stereocenters. The second-order valence-corrected chi connectivity index (χ2v) is 5.21. The van der Waals surface area contributed by atoms with Gasteiger partial charge in [-0.25, -0.2) is 4.39 Å². The lowest BCUT2D eigenvalue weighted by atomic mass is 9.97. The summed E-state index contributed by atoms with van der Waals surface area (Å²) in [7, 11) is 1.86. The van der Waals surface area contributed by atoms with Crippen molar-refractivity contribution in [3.05, 3.63) is 35.6 Å². The third-order valence-electron chi connectivity index (χ3n) is 3.92. The molecule has 0 aromatic heterocycles. The Labute approximate surface area is 113 Å². The Balaban J connectivity index is 2.05. The maximum absolute atomic E-state index is 13.2. The van der Waals surface area contributed by atoms with Crippen molar-refractivity contribution in [2.24, 2.45) is 0 Å². The van der Waals surface area contributed by atoms with E-state index in [1.54, 1.807) is 6.07 Å². The first kappa shape index (κ1) is 14.0. The van der Waals surface area contributed by atoms with Crippen LogP contribution in [0.5, 0.6) is 0 Å². The van der Waals surface area contributed by atoms with E-state index in [9.17, 15) is 9.18 Å². The van der Waals surface area contributed by atoms with Crippen LogP contribution in [-0.4, -0.2) is 37.0 Å². The number of halogens is 1. The molecule has 104 valence electrons. The fourth-order valence-corrected chi connectivity index (χ4v) is 2.60. The van der Waals surface area contributed by atoms with Gasteiger partial charge < -0.3 is 10.2 Å². The van der Waals surface area contributed by atoms with E-state index >= 15 is 0 Å². The molecule has 1 N–H and O–H groups in total. The Morgan fingerprint density at radius 1 is 1.42 bits per heavy atom. The highest BCUT2D eigenvalue weighted by molar-refractivity contribution is 5.83. The molecule has 19 heavy (non-hydrogen) atoms. The molecule has 1 amide bonds. The predicted molar refractivity (Wildman–Crippen MR) is 73.5 cm³/mol. The number of amides is 1. The first-order valence-electron chi connectivity index (χ1n) is 6.82. The number of nitrogens with one attached hydrogen (secondary N) is 1. The minimum absolute atomic E-state index is 0.0671. The first-order chi connectivity index (χ1) is 9.09. The Kier molecular flexibility index (Phi) is 4.53. The molecule has 0 radical (unpaired) electrons. The molecule has 1 heterocycles. The zero-order chi connectivity index (χ0) is 13.8. The van der Waals surface area contributed by atoms with Crippen LogP contribution in [0.1, 0.15) is 31.2 Å². The molecule has 1 fully saturated rings. The van der Waals surface area contributed by atoms with Crippen LogP contribution >= 0.6 is 0 Å². The van der Waals surface area contributed by atoms with E-state index in [1.807, 2.05) is 24.9 Å². The molecule has 4 heteroatoms. The highest BCUT2D eigenvalue weighted by Crippen LogP contribution is 2.21. The zero-order valence-electron chi connectivity index (χ0n) is 11.5. The summed E-state index contributed by atoms with van der Waals surface area (Å²) in [4.78, 5) is 14.3. The van der Waals surface area contributed by atoms with E-state index in [0.29, 0.717) is 6.04 Å². The molecule has 1 aliphatic heterocycles. The van der Waals surface area contributed by atoms with Gasteiger partial charge >= 0.3 is 0 Å². The quantitative estimate of drug-likeness (QED) is 0.907. The number of hydrogen-bond donors (Lipinski definition) is 1. The van der Waals surface area contributed by atoms with Gasteiger partial charge in [0, 0.05) is 13.1 Å². The van der Waals surface area contributed by atoms with Gasteiger partial charge in [-0.2, -0.15) is 0 Å². The monoisotopic (exact) mass is 264 g/mol. The lowest BCUT2D eigenvalue weighted by molar-refractivity contribution is -0.133. The van der Waals surface area contributed by atoms with Crippen LogP contribution in [0.4, 0.5) is 4.39 Å². The van der Waals surface area contributed by atoms with Crippen LogP contribution in [0.3, 0.4) is 0 Å². The Morgan fingerprint density at radius 2 is 2.11 bits per heavy atom. The Hall–Kier alpha value is -1.42. The van der Waals surface area contributed by atoms with E-state index in [4.69, 9.17) is 0 Å². The van der Waals surface area contributed by atoms with Crippen LogP contribution in [0.15, 0.2) is 24.3 Å². The van der Waals surface area contributed by atoms with Crippen LogP contribution in [0.2, 0.25) is 0 Å². The minimum atomic E-state index is -0.296. The third-order valence-corrected chi connectivity index (χ3v) is 3.92. The Morgan fingerprint density at radius 3 is 2.74 bits per heavy atom. The fourth-order valence-electron chi connectivity index (χ4n) is 2.60. The van der Waals surface area contributed by atoms with Gasteiger partial charge in [-0.05, 0) is 50.6 Å². The molecule has 1 aromatic rings. The van der Waals surface area contributed by atoms with Gasteiger partial charge in [0.2, 0.25) is 5.91 Å². The molecule has 1 saturated heterocycles. The number of rotatable bonds is 3. The van der Waals surface area contributed by atoms with E-state index in [1.165, 1.54) is 12.1 Å². The van der Waals surface area contributed by atoms with E-state index in [0.717, 1.165) is 31.5 Å². The number of benzene rings is 1. The van der Waals surface area contributed by atoms with Gasteiger partial charge in [0.1, 0.15) is 5.82 Å². The second-order valence-electron chi connectivity index (χ2n) is 5.21. The third kappa shape index (κ3) is 3.32. The van der Waals surface area contributed by atoms with Crippen molar-refractivity contribution >= 4 is 5.91 Å². The molecule has 0 aliphatic carbocycles. The molecule has 0 saturated carbocycles. The summed E-state index contributed by atoms with van der Waals surface area (Å²) < 4.78 is 13.2. The van der Waals surface area contributed by atoms with Crippen LogP contribution in [-0.2, 0) is 4.79 Å². The summed E-state index contributed by atoms with van der Waals surface area (Å²) in [5.41, 5.74) is 0.741. The van der Waals surface area contributed by atoms with Crippen LogP contribution < -0.4 is 5.32 Å². The van der Waals surface area contributed by atoms with E-state index in [2.05, 4.69) is 5.32 Å². The molecule has 0 spiro atoms. The van der Waals surface area contributed by atoms with Crippen molar-refractivity contribution in [2.75, 3.05) is 20.1 Å². The molecular weight excluding hydrogens is 243 g/mol. The van der Waals surface area contributed by atoms with Gasteiger partial charge in [-0.3, -0.25) is 4.79 Å². The predicted octanol–water partition coefficient (Wildman–Crippen LogP) is 2.14. The van der Waals surface area contributed by atoms with Crippen molar-refractivity contribution in [1.29, 1.82) is 0 Å². The number of piperidine rings is 1. The average Bonchev–Trinajstić information content (AvgIpc) is 2.46. The van der Waals surface area contributed by atoms with Gasteiger partial charge in [-0.15, -0.1) is 0 Å². The maximum atomic E-state index is 13.2. The normalized spacial score (nSPS) is 18.1. The SMILES string of the molecule is CC(C(=O)N(C)C1CCNCC1)c1cccc(F)c1. The van der Waals surface area contributed by atoms with E-state index < -0.39 is 0 Å². The summed E-state index contributed by atoms with van der Waals surface area (Å²) >= 11 is 0. The summed E-state index contributed by atoms with van der Waals surface area (Å²) in [5.74, 6) is -0.519. The fraction of sp³-hybridized carbons (Fsp3) is 0.533. The van der Waals surface area contributed by atoms with Gasteiger partial charge in [0.05, 0.1) is 5.92 Å². The molecular formula is C15H21FN2O. The summed E-state index contributed by atoms with van der Waals surface area (Å²) in [6, 6.07) is 6.60. The highest BCUT2D eigenvalue weighted by atomic mass is 19.1. The maximum Gasteiger partial charge on any atom is 0.229 e. The van der Waals surface area contributed by atoms with Gasteiger partial charge in [0.25, 0.3) is 0 Å². The molecule has 1 aromatic carbocycles. The number of carbonyl (C=O) groups is 1. The molecule has 3 nitrogen and oxygen atoms in total. The second kappa shape index (κ2) is 6.15. The largest absolute Gasteiger partial charge is 0.342 e. The number of likely N-dealkylation sites (N-methyl/N-ethyl adjacent to an activating group) is 1. The topological polar surface area (TPSA) is 32.3 Å². The summed E-state index contributed by atoms with van der Waals surface area (Å²) in [6.07, 6.45) is 1.97. The van der Waals surface area contributed by atoms with Crippen molar-refractivity contribution in [1.82, 2.24) is 10.2 Å². The zero-order valence-corrected chi connectivity index (χ0v) is 11.5. The molecule has 1 unspecified atom stereocenters. The number of carbonyl (C=O) groups excluding carboxylic acids is 1. The average molecular weight is 264 g/mol. The number of nitrogens with zero attached hydrogens (tertiary/aromatic N) is 1. The van der Waals surface area contributed by atoms with Crippen molar-refractivity contribution in [3.63, 3.8) is 0 Å². The van der Waals surface area contributed by atoms with Gasteiger partial charge in [0.15, 0.2) is 0 Å². The minimum Gasteiger partial charge on any atom is -0.342 e. The van der Waals surface area contributed by atoms with E-state index in [-0.39, 0.29) is 17.6 Å². The highest BCUT2D eigenvalue weighted by Gasteiger charge is 2.26. The van der Waals surface area contributed by atoms with Gasteiger partial charge in [-0.1, -0.05) is 12.1 Å². The van der Waals surface area contributed by atoms with Crippen molar-refractivity contribution in [3.8, 4) is 0 Å². The first-order valence-corrected chi connectivity index (χ1v) is 6.82. The lowest BCUT2D eigenvalue weighted by Crippen LogP contribution is -2.45. The lowest BCUT2D eigenvalue weighted by Gasteiger charge is -2.33. The van der Waals surface area contributed by atoms with Crippen molar-refractivity contribution in [2.45, 2.75) is 31.7 Å². The molecule has 0 bridgehead atoms. The Bertz CT molecular complexity index is 444.